The third-order valence-electron chi connectivity index (χ3n) is 2.46. The average Bonchev–Trinajstić information content (AvgIpc) is 2.37. The minimum absolute atomic E-state index is 0.222. The van der Waals surface area contributed by atoms with Gasteiger partial charge in [-0.25, -0.2) is 0 Å². The van der Waals surface area contributed by atoms with Crippen LogP contribution in [0.3, 0.4) is 0 Å². The Balaban J connectivity index is 2.09. The van der Waals surface area contributed by atoms with E-state index in [1.54, 1.807) is 0 Å². The van der Waals surface area contributed by atoms with Gasteiger partial charge in [0.15, 0.2) is 0 Å². The number of hydrogen-bond donors (Lipinski definition) is 1. The molecule has 0 heterocycles. The molecule has 1 N–H and O–H groups in total. The van der Waals surface area contributed by atoms with Crippen molar-refractivity contribution in [2.45, 2.75) is 45.6 Å². The van der Waals surface area contributed by atoms with Crippen molar-refractivity contribution in [3.05, 3.63) is 35.9 Å². The predicted octanol–water partition coefficient (Wildman–Crippen LogP) is 2.40. The predicted molar refractivity (Wildman–Crippen MR) is 79.3 cm³/mol. The Morgan fingerprint density at radius 2 is 1.76 bits per heavy atom. The van der Waals surface area contributed by atoms with E-state index in [-0.39, 0.29) is 18.4 Å². The fraction of sp³-hybridized carbons (Fsp3) is 0.500. The Morgan fingerprint density at radius 1 is 1.10 bits per heavy atom. The van der Waals surface area contributed by atoms with Crippen LogP contribution >= 0.6 is 0 Å². The van der Waals surface area contributed by atoms with Gasteiger partial charge in [0.05, 0.1) is 6.42 Å². The molecule has 0 bridgehead atoms. The van der Waals surface area contributed by atoms with Crippen LogP contribution in [0.25, 0.3) is 0 Å². The molecule has 0 unspecified atom stereocenters. The van der Waals surface area contributed by atoms with Gasteiger partial charge in [-0.15, -0.1) is 0 Å². The number of esters is 1. The molecule has 0 aliphatic carbocycles. The zero-order valence-electron chi connectivity index (χ0n) is 12.8. The van der Waals surface area contributed by atoms with Gasteiger partial charge in [-0.2, -0.15) is 5.48 Å². The maximum absolute atomic E-state index is 11.5. The van der Waals surface area contributed by atoms with Gasteiger partial charge in [-0.3, -0.25) is 9.59 Å². The SMILES string of the molecule is CC(C)(C)OC(=O)CCCNOC(=O)Cc1ccccc1. The molecule has 116 valence electrons. The first kappa shape index (κ1) is 17.2. The molecule has 0 aromatic heterocycles. The second kappa shape index (κ2) is 8.42. The van der Waals surface area contributed by atoms with Crippen molar-refractivity contribution in [2.24, 2.45) is 0 Å². The molecule has 0 radical (unpaired) electrons. The summed E-state index contributed by atoms with van der Waals surface area (Å²) in [5.41, 5.74) is 3.00. The molecule has 0 saturated carbocycles. The Kier molecular flexibility index (Phi) is 6.88. The summed E-state index contributed by atoms with van der Waals surface area (Å²) >= 11 is 0. The van der Waals surface area contributed by atoms with Crippen molar-refractivity contribution in [1.29, 1.82) is 0 Å². The Bertz CT molecular complexity index is 451. The molecule has 0 spiro atoms. The summed E-state index contributed by atoms with van der Waals surface area (Å²) < 4.78 is 5.17. The highest BCUT2D eigenvalue weighted by Gasteiger charge is 2.15. The van der Waals surface area contributed by atoms with Gasteiger partial charge in [-0.1, -0.05) is 30.3 Å². The summed E-state index contributed by atoms with van der Waals surface area (Å²) in [4.78, 5) is 27.8. The average molecular weight is 293 g/mol. The highest BCUT2D eigenvalue weighted by Crippen LogP contribution is 2.08. The maximum Gasteiger partial charge on any atom is 0.329 e. The summed E-state index contributed by atoms with van der Waals surface area (Å²) in [5, 5.41) is 0. The van der Waals surface area contributed by atoms with Gasteiger partial charge in [0.1, 0.15) is 5.60 Å². The maximum atomic E-state index is 11.5. The van der Waals surface area contributed by atoms with E-state index in [0.717, 1.165) is 5.56 Å². The van der Waals surface area contributed by atoms with E-state index >= 15 is 0 Å². The number of rotatable bonds is 7. The van der Waals surface area contributed by atoms with E-state index in [2.05, 4.69) is 5.48 Å². The number of nitrogens with one attached hydrogen (secondary N) is 1. The van der Waals surface area contributed by atoms with Gasteiger partial charge in [-0.05, 0) is 32.8 Å². The topological polar surface area (TPSA) is 64.6 Å². The molecule has 1 aromatic rings. The molecule has 0 fully saturated rings. The molecule has 5 heteroatoms. The van der Waals surface area contributed by atoms with Crippen molar-refractivity contribution in [3.8, 4) is 0 Å². The lowest BCUT2D eigenvalue weighted by molar-refractivity contribution is -0.155. The molecule has 21 heavy (non-hydrogen) atoms. The summed E-state index contributed by atoms with van der Waals surface area (Å²) in [6.45, 7) is 5.90. The second-order valence-electron chi connectivity index (χ2n) is 5.72. The van der Waals surface area contributed by atoms with Gasteiger partial charge < -0.3 is 9.57 Å². The Morgan fingerprint density at radius 3 is 2.38 bits per heavy atom. The minimum Gasteiger partial charge on any atom is -0.460 e. The lowest BCUT2D eigenvalue weighted by Crippen LogP contribution is -2.25. The first-order valence-corrected chi connectivity index (χ1v) is 7.05. The number of carbonyl (C=O) groups excluding carboxylic acids is 2. The fourth-order valence-electron chi connectivity index (χ4n) is 1.63. The number of hydrogen-bond acceptors (Lipinski definition) is 5. The van der Waals surface area contributed by atoms with E-state index in [9.17, 15) is 9.59 Å². The largest absolute Gasteiger partial charge is 0.460 e. The molecule has 1 rings (SSSR count). The molecular formula is C16H23NO4. The minimum atomic E-state index is -0.466. The van der Waals surface area contributed by atoms with Crippen LogP contribution < -0.4 is 5.48 Å². The van der Waals surface area contributed by atoms with Crippen molar-refractivity contribution >= 4 is 11.9 Å². The Hall–Kier alpha value is -1.88. The van der Waals surface area contributed by atoms with Crippen LogP contribution in [0.15, 0.2) is 30.3 Å². The van der Waals surface area contributed by atoms with E-state index in [4.69, 9.17) is 9.57 Å². The standard InChI is InChI=1S/C16H23NO4/c1-16(2,3)20-14(18)10-7-11-17-21-15(19)12-13-8-5-4-6-9-13/h4-6,8-9,17H,7,10-12H2,1-3H3. The summed E-state index contributed by atoms with van der Waals surface area (Å²) in [7, 11) is 0. The van der Waals surface area contributed by atoms with Crippen molar-refractivity contribution in [3.63, 3.8) is 0 Å². The molecular weight excluding hydrogens is 270 g/mol. The molecule has 0 saturated heterocycles. The van der Waals surface area contributed by atoms with Gasteiger partial charge >= 0.3 is 11.9 Å². The van der Waals surface area contributed by atoms with E-state index in [0.29, 0.717) is 19.4 Å². The zero-order chi connectivity index (χ0) is 15.7. The fourth-order valence-corrected chi connectivity index (χ4v) is 1.63. The molecule has 0 aliphatic heterocycles. The van der Waals surface area contributed by atoms with Gasteiger partial charge in [0.25, 0.3) is 0 Å². The van der Waals surface area contributed by atoms with Crippen molar-refractivity contribution < 1.29 is 19.2 Å². The number of hydroxylamine groups is 1. The van der Waals surface area contributed by atoms with Crippen LogP contribution in [-0.2, 0) is 25.6 Å². The van der Waals surface area contributed by atoms with Crippen LogP contribution in [0, 0.1) is 0 Å². The van der Waals surface area contributed by atoms with Crippen LogP contribution in [0.2, 0.25) is 0 Å². The van der Waals surface area contributed by atoms with Crippen LogP contribution in [-0.4, -0.2) is 24.1 Å². The number of benzene rings is 1. The molecule has 0 amide bonds. The first-order chi connectivity index (χ1) is 9.87. The highest BCUT2D eigenvalue weighted by atomic mass is 16.7. The lowest BCUT2D eigenvalue weighted by Gasteiger charge is -2.19. The molecule has 5 nitrogen and oxygen atoms in total. The van der Waals surface area contributed by atoms with Gasteiger partial charge in [0.2, 0.25) is 0 Å². The molecule has 0 atom stereocenters. The number of ether oxygens (including phenoxy) is 1. The van der Waals surface area contributed by atoms with Crippen molar-refractivity contribution in [2.75, 3.05) is 6.54 Å². The van der Waals surface area contributed by atoms with Crippen LogP contribution in [0.4, 0.5) is 0 Å². The third-order valence-corrected chi connectivity index (χ3v) is 2.46. The van der Waals surface area contributed by atoms with Crippen LogP contribution in [0.5, 0.6) is 0 Å². The number of carbonyl (C=O) groups is 2. The van der Waals surface area contributed by atoms with E-state index in [1.807, 2.05) is 51.1 Å². The summed E-state index contributed by atoms with van der Waals surface area (Å²) in [6, 6.07) is 9.37. The monoisotopic (exact) mass is 293 g/mol. The third kappa shape index (κ3) is 8.81. The smallest absolute Gasteiger partial charge is 0.329 e. The van der Waals surface area contributed by atoms with Gasteiger partial charge in [0, 0.05) is 13.0 Å². The summed E-state index contributed by atoms with van der Waals surface area (Å²) in [6.07, 6.45) is 1.06. The van der Waals surface area contributed by atoms with Crippen LogP contribution in [0.1, 0.15) is 39.2 Å². The van der Waals surface area contributed by atoms with Crippen molar-refractivity contribution in [1.82, 2.24) is 5.48 Å². The molecule has 0 aliphatic rings. The second-order valence-corrected chi connectivity index (χ2v) is 5.72. The quantitative estimate of drug-likeness (QED) is 0.475. The van der Waals surface area contributed by atoms with E-state index in [1.165, 1.54) is 0 Å². The normalized spacial score (nSPS) is 11.0. The Labute approximate surface area is 125 Å². The lowest BCUT2D eigenvalue weighted by atomic mass is 10.2. The first-order valence-electron chi connectivity index (χ1n) is 7.05. The zero-order valence-corrected chi connectivity index (χ0v) is 12.8. The van der Waals surface area contributed by atoms with E-state index < -0.39 is 5.60 Å². The highest BCUT2D eigenvalue weighted by molar-refractivity contribution is 5.72. The summed E-state index contributed by atoms with van der Waals surface area (Å²) in [5.74, 6) is -0.599. The molecule has 1 aromatic carbocycles.